The van der Waals surface area contributed by atoms with Gasteiger partial charge >= 0.3 is 0 Å². The highest BCUT2D eigenvalue weighted by atomic mass is 32.1. The van der Waals surface area contributed by atoms with Crippen LogP contribution in [0.5, 0.6) is 5.75 Å². The summed E-state index contributed by atoms with van der Waals surface area (Å²) in [6, 6.07) is 1.95. The third kappa shape index (κ3) is 3.08. The molecule has 17 heavy (non-hydrogen) atoms. The molecule has 0 saturated carbocycles. The molecule has 0 aliphatic heterocycles. The Morgan fingerprint density at radius 1 is 1.53 bits per heavy atom. The van der Waals surface area contributed by atoms with E-state index in [0.29, 0.717) is 6.54 Å². The van der Waals surface area contributed by atoms with Gasteiger partial charge in [0.1, 0.15) is 5.75 Å². The molecule has 0 spiro atoms. The molecule has 0 amide bonds. The Morgan fingerprint density at radius 3 is 3.12 bits per heavy atom. The molecule has 4 nitrogen and oxygen atoms in total. The minimum Gasteiger partial charge on any atom is -0.496 e. The maximum atomic E-state index is 5.66. The van der Waals surface area contributed by atoms with E-state index < -0.39 is 0 Å². The molecule has 0 unspecified atom stereocenters. The van der Waals surface area contributed by atoms with Gasteiger partial charge in [0.05, 0.1) is 24.7 Å². The number of aromatic nitrogens is 1. The van der Waals surface area contributed by atoms with Crippen molar-refractivity contribution in [3.8, 4) is 16.4 Å². The summed E-state index contributed by atoms with van der Waals surface area (Å²) < 4.78 is 10.8. The monoisotopic (exact) mass is 252 g/mol. The second-order valence-electron chi connectivity index (χ2n) is 3.65. The highest BCUT2D eigenvalue weighted by molar-refractivity contribution is 7.13. The van der Waals surface area contributed by atoms with Gasteiger partial charge in [-0.15, -0.1) is 11.3 Å². The molecule has 2 aromatic rings. The van der Waals surface area contributed by atoms with Crippen molar-refractivity contribution in [3.63, 3.8) is 0 Å². The van der Waals surface area contributed by atoms with Gasteiger partial charge in [-0.1, -0.05) is 6.92 Å². The molecule has 0 aliphatic rings. The van der Waals surface area contributed by atoms with Crippen LogP contribution in [0.3, 0.4) is 0 Å². The van der Waals surface area contributed by atoms with Crippen LogP contribution in [0.2, 0.25) is 0 Å². The quantitative estimate of drug-likeness (QED) is 0.803. The second kappa shape index (κ2) is 5.84. The summed E-state index contributed by atoms with van der Waals surface area (Å²) in [5.74, 6) is 2.37. The number of nitrogens with zero attached hydrogens (tertiary/aromatic N) is 1. The largest absolute Gasteiger partial charge is 0.496 e. The van der Waals surface area contributed by atoms with Crippen LogP contribution < -0.4 is 10.1 Å². The van der Waals surface area contributed by atoms with E-state index in [2.05, 4.69) is 17.2 Å². The van der Waals surface area contributed by atoms with Crippen molar-refractivity contribution in [1.82, 2.24) is 10.3 Å². The standard InChI is InChI=1S/C12H16N2O2S/c1-3-4-13-7-12-14-6-10(16-12)11-5-9(15-2)8-17-11/h5-6,8,13H,3-4,7H2,1-2H3. The fourth-order valence-electron chi connectivity index (χ4n) is 1.43. The Bertz CT molecular complexity index is 465. The lowest BCUT2D eigenvalue weighted by Gasteiger charge is -1.97. The van der Waals surface area contributed by atoms with Crippen molar-refractivity contribution in [3.05, 3.63) is 23.5 Å². The first-order valence-electron chi connectivity index (χ1n) is 5.61. The Balaban J connectivity index is 2.02. The SMILES string of the molecule is CCCNCc1ncc(-c2cc(OC)cs2)o1. The van der Waals surface area contributed by atoms with Gasteiger partial charge in [0, 0.05) is 11.4 Å². The maximum absolute atomic E-state index is 5.66. The summed E-state index contributed by atoms with van der Waals surface area (Å²) in [7, 11) is 1.66. The number of methoxy groups -OCH3 is 1. The maximum Gasteiger partial charge on any atom is 0.208 e. The van der Waals surface area contributed by atoms with E-state index in [0.717, 1.165) is 35.2 Å². The zero-order valence-corrected chi connectivity index (χ0v) is 10.8. The van der Waals surface area contributed by atoms with Gasteiger partial charge in [0.2, 0.25) is 5.89 Å². The van der Waals surface area contributed by atoms with Gasteiger partial charge < -0.3 is 14.5 Å². The van der Waals surface area contributed by atoms with Crippen LogP contribution in [0.1, 0.15) is 19.2 Å². The Hall–Kier alpha value is -1.33. The van der Waals surface area contributed by atoms with Crippen molar-refractivity contribution < 1.29 is 9.15 Å². The molecule has 2 heterocycles. The molecule has 0 aromatic carbocycles. The number of ether oxygens (including phenoxy) is 1. The first-order chi connectivity index (χ1) is 8.33. The van der Waals surface area contributed by atoms with Crippen LogP contribution in [-0.2, 0) is 6.54 Å². The lowest BCUT2D eigenvalue weighted by molar-refractivity contribution is 0.416. The van der Waals surface area contributed by atoms with Crippen molar-refractivity contribution in [2.45, 2.75) is 19.9 Å². The van der Waals surface area contributed by atoms with Crippen LogP contribution in [0.25, 0.3) is 10.6 Å². The van der Waals surface area contributed by atoms with Crippen molar-refractivity contribution in [2.75, 3.05) is 13.7 Å². The molecule has 1 N–H and O–H groups in total. The van der Waals surface area contributed by atoms with E-state index in [-0.39, 0.29) is 0 Å². The van der Waals surface area contributed by atoms with Crippen molar-refractivity contribution in [1.29, 1.82) is 0 Å². The molecular weight excluding hydrogens is 236 g/mol. The minimum absolute atomic E-state index is 0.677. The average molecular weight is 252 g/mol. The smallest absolute Gasteiger partial charge is 0.208 e. The van der Waals surface area contributed by atoms with Crippen LogP contribution in [0, 0.1) is 0 Å². The van der Waals surface area contributed by atoms with E-state index in [4.69, 9.17) is 9.15 Å². The summed E-state index contributed by atoms with van der Waals surface area (Å²) in [6.07, 6.45) is 2.87. The first-order valence-corrected chi connectivity index (χ1v) is 6.49. The molecule has 0 saturated heterocycles. The third-order valence-corrected chi connectivity index (χ3v) is 3.23. The van der Waals surface area contributed by atoms with Gasteiger partial charge in [-0.3, -0.25) is 0 Å². The molecule has 0 atom stereocenters. The van der Waals surface area contributed by atoms with Crippen LogP contribution in [-0.4, -0.2) is 18.6 Å². The number of oxazole rings is 1. The minimum atomic E-state index is 0.677. The Morgan fingerprint density at radius 2 is 2.41 bits per heavy atom. The van der Waals surface area contributed by atoms with Crippen molar-refractivity contribution >= 4 is 11.3 Å². The summed E-state index contributed by atoms with van der Waals surface area (Å²) >= 11 is 1.59. The molecule has 0 radical (unpaired) electrons. The molecular formula is C12H16N2O2S. The molecule has 0 fully saturated rings. The van der Waals surface area contributed by atoms with Gasteiger partial charge in [0.15, 0.2) is 5.76 Å². The fourth-order valence-corrected chi connectivity index (χ4v) is 2.24. The van der Waals surface area contributed by atoms with Gasteiger partial charge in [-0.2, -0.15) is 0 Å². The van der Waals surface area contributed by atoms with Crippen LogP contribution in [0.4, 0.5) is 0 Å². The third-order valence-electron chi connectivity index (χ3n) is 2.31. The van der Waals surface area contributed by atoms with E-state index in [1.54, 1.807) is 24.6 Å². The molecule has 2 aromatic heterocycles. The second-order valence-corrected chi connectivity index (χ2v) is 4.56. The molecule has 0 bridgehead atoms. The normalized spacial score (nSPS) is 10.7. The topological polar surface area (TPSA) is 47.3 Å². The highest BCUT2D eigenvalue weighted by Crippen LogP contribution is 2.31. The van der Waals surface area contributed by atoms with Crippen LogP contribution >= 0.6 is 11.3 Å². The lowest BCUT2D eigenvalue weighted by atomic mass is 10.4. The van der Waals surface area contributed by atoms with E-state index in [1.165, 1.54) is 0 Å². The lowest BCUT2D eigenvalue weighted by Crippen LogP contribution is -2.13. The van der Waals surface area contributed by atoms with E-state index in [9.17, 15) is 0 Å². The van der Waals surface area contributed by atoms with Crippen molar-refractivity contribution in [2.24, 2.45) is 0 Å². The number of rotatable bonds is 6. The van der Waals surface area contributed by atoms with Gasteiger partial charge in [0.25, 0.3) is 0 Å². The average Bonchev–Trinajstić information content (AvgIpc) is 2.97. The number of thiophene rings is 1. The number of hydrogen-bond donors (Lipinski definition) is 1. The summed E-state index contributed by atoms with van der Waals surface area (Å²) in [5, 5.41) is 5.21. The molecule has 0 aliphatic carbocycles. The number of nitrogens with one attached hydrogen (secondary N) is 1. The predicted molar refractivity (Wildman–Crippen MR) is 68.4 cm³/mol. The van der Waals surface area contributed by atoms with E-state index >= 15 is 0 Å². The molecule has 5 heteroatoms. The number of hydrogen-bond acceptors (Lipinski definition) is 5. The highest BCUT2D eigenvalue weighted by Gasteiger charge is 2.08. The summed E-state index contributed by atoms with van der Waals surface area (Å²) in [4.78, 5) is 5.27. The first kappa shape index (κ1) is 12.1. The molecule has 92 valence electrons. The summed E-state index contributed by atoms with van der Waals surface area (Å²) in [5.41, 5.74) is 0. The van der Waals surface area contributed by atoms with Gasteiger partial charge in [-0.25, -0.2) is 4.98 Å². The molecule has 2 rings (SSSR count). The zero-order valence-electron chi connectivity index (χ0n) is 10.0. The van der Waals surface area contributed by atoms with Gasteiger partial charge in [-0.05, 0) is 13.0 Å². The fraction of sp³-hybridized carbons (Fsp3) is 0.417. The zero-order chi connectivity index (χ0) is 12.1. The Labute approximate surface area is 105 Å². The van der Waals surface area contributed by atoms with E-state index in [1.807, 2.05) is 11.4 Å². The van der Waals surface area contributed by atoms with Crippen LogP contribution in [0.15, 0.2) is 22.1 Å². The summed E-state index contributed by atoms with van der Waals surface area (Å²) in [6.45, 7) is 3.78. The predicted octanol–water partition coefficient (Wildman–Crippen LogP) is 2.91. The Kier molecular flexibility index (Phi) is 4.17.